The summed E-state index contributed by atoms with van der Waals surface area (Å²) in [7, 11) is 0. The molecule has 0 unspecified atom stereocenters. The van der Waals surface area contributed by atoms with E-state index in [2.05, 4.69) is 11.6 Å². The molecule has 1 aromatic carbocycles. The van der Waals surface area contributed by atoms with Gasteiger partial charge in [-0.15, -0.1) is 0 Å². The van der Waals surface area contributed by atoms with Gasteiger partial charge >= 0.3 is 6.18 Å². The highest BCUT2D eigenvalue weighted by Gasteiger charge is 2.36. The molecule has 2 rings (SSSR count). The lowest BCUT2D eigenvalue weighted by molar-refractivity contribution is -0.0875. The van der Waals surface area contributed by atoms with Crippen molar-refractivity contribution >= 4 is 5.70 Å². The van der Waals surface area contributed by atoms with Crippen LogP contribution in [0.25, 0.3) is 17.1 Å². The average Bonchev–Trinajstić information content (AvgIpc) is 3.04. The third-order valence-electron chi connectivity index (χ3n) is 3.89. The van der Waals surface area contributed by atoms with Crippen molar-refractivity contribution in [2.75, 3.05) is 0 Å². The molecule has 0 saturated carbocycles. The Bertz CT molecular complexity index is 794. The quantitative estimate of drug-likeness (QED) is 0.597. The molecular formula is C20H21F3N2. The molecule has 0 N–H and O–H groups in total. The zero-order valence-electron chi connectivity index (χ0n) is 14.5. The van der Waals surface area contributed by atoms with Crippen LogP contribution in [0.4, 0.5) is 13.2 Å². The third kappa shape index (κ3) is 4.29. The van der Waals surface area contributed by atoms with Crippen LogP contribution < -0.4 is 0 Å². The van der Waals surface area contributed by atoms with Crippen LogP contribution in [0.15, 0.2) is 72.6 Å². The van der Waals surface area contributed by atoms with Crippen LogP contribution in [0, 0.1) is 5.92 Å². The molecule has 0 aliphatic rings. The van der Waals surface area contributed by atoms with Gasteiger partial charge in [0.1, 0.15) is 5.82 Å². The van der Waals surface area contributed by atoms with Crippen molar-refractivity contribution in [2.24, 2.45) is 5.92 Å². The summed E-state index contributed by atoms with van der Waals surface area (Å²) in [5.41, 5.74) is 0.411. The lowest BCUT2D eigenvalue weighted by Gasteiger charge is -2.19. The maximum atomic E-state index is 13.7. The standard InChI is InChI=1S/C20H21F3N2/c1-5-16(14(2)3)13-18(20(21,22)23)15(4)25-12-11-24-19(25)17-9-7-6-8-10-17/h5-14H,4H2,1-3H3/b16-5?,18-13+. The number of allylic oxidation sites excluding steroid dienone is 5. The lowest BCUT2D eigenvalue weighted by Crippen LogP contribution is -2.17. The molecule has 2 aromatic rings. The molecule has 0 aliphatic carbocycles. The summed E-state index contributed by atoms with van der Waals surface area (Å²) in [6.07, 6.45) is 1.31. The van der Waals surface area contributed by atoms with Crippen LogP contribution in [-0.2, 0) is 0 Å². The lowest BCUT2D eigenvalue weighted by atomic mass is 9.99. The fraction of sp³-hybridized carbons (Fsp3) is 0.250. The number of rotatable bonds is 5. The van der Waals surface area contributed by atoms with Crippen LogP contribution in [-0.4, -0.2) is 15.7 Å². The minimum Gasteiger partial charge on any atom is -0.300 e. The van der Waals surface area contributed by atoms with E-state index < -0.39 is 11.7 Å². The number of benzene rings is 1. The molecule has 5 heteroatoms. The molecule has 1 aromatic heterocycles. The summed E-state index contributed by atoms with van der Waals surface area (Å²) < 4.78 is 42.4. The molecule has 0 fully saturated rings. The minimum atomic E-state index is -4.52. The second kappa shape index (κ2) is 7.55. The van der Waals surface area contributed by atoms with Crippen molar-refractivity contribution in [3.05, 3.63) is 72.6 Å². The highest BCUT2D eigenvalue weighted by molar-refractivity contribution is 5.71. The first-order valence-electron chi connectivity index (χ1n) is 7.99. The number of halogens is 3. The molecule has 0 radical (unpaired) electrons. The van der Waals surface area contributed by atoms with E-state index in [4.69, 9.17) is 0 Å². The molecule has 1 heterocycles. The van der Waals surface area contributed by atoms with E-state index in [9.17, 15) is 13.2 Å². The molecule has 0 atom stereocenters. The van der Waals surface area contributed by atoms with Gasteiger partial charge in [-0.05, 0) is 24.5 Å². The Hall–Kier alpha value is -2.56. The summed E-state index contributed by atoms with van der Waals surface area (Å²) in [5, 5.41) is 0. The maximum absolute atomic E-state index is 13.7. The molecule has 0 spiro atoms. The van der Waals surface area contributed by atoms with Crippen LogP contribution in [0.2, 0.25) is 0 Å². The van der Waals surface area contributed by atoms with E-state index in [1.165, 1.54) is 23.0 Å². The molecule has 0 bridgehead atoms. The number of aromatic nitrogens is 2. The van der Waals surface area contributed by atoms with E-state index in [0.717, 1.165) is 5.56 Å². The summed E-state index contributed by atoms with van der Waals surface area (Å²) in [6.45, 7) is 9.15. The summed E-state index contributed by atoms with van der Waals surface area (Å²) in [4.78, 5) is 4.20. The first kappa shape index (κ1) is 18.8. The van der Waals surface area contributed by atoms with Crippen molar-refractivity contribution in [3.8, 4) is 11.4 Å². The van der Waals surface area contributed by atoms with Crippen molar-refractivity contribution in [2.45, 2.75) is 26.9 Å². The van der Waals surface area contributed by atoms with Crippen LogP contribution >= 0.6 is 0 Å². The van der Waals surface area contributed by atoms with Gasteiger partial charge < -0.3 is 0 Å². The Morgan fingerprint density at radius 3 is 2.36 bits per heavy atom. The molecule has 25 heavy (non-hydrogen) atoms. The molecular weight excluding hydrogens is 325 g/mol. The van der Waals surface area contributed by atoms with Gasteiger partial charge in [-0.1, -0.05) is 56.8 Å². The van der Waals surface area contributed by atoms with Crippen molar-refractivity contribution in [1.82, 2.24) is 9.55 Å². The number of hydrogen-bond acceptors (Lipinski definition) is 1. The topological polar surface area (TPSA) is 17.8 Å². The third-order valence-corrected chi connectivity index (χ3v) is 3.89. The van der Waals surface area contributed by atoms with Crippen molar-refractivity contribution < 1.29 is 13.2 Å². The van der Waals surface area contributed by atoms with Gasteiger partial charge in [-0.2, -0.15) is 13.2 Å². The highest BCUT2D eigenvalue weighted by Crippen LogP contribution is 2.36. The average molecular weight is 346 g/mol. The number of alkyl halides is 3. The fourth-order valence-corrected chi connectivity index (χ4v) is 2.53. The number of hydrogen-bond donors (Lipinski definition) is 0. The van der Waals surface area contributed by atoms with E-state index >= 15 is 0 Å². The zero-order valence-corrected chi connectivity index (χ0v) is 14.5. The second-order valence-corrected chi connectivity index (χ2v) is 5.93. The van der Waals surface area contributed by atoms with E-state index in [-0.39, 0.29) is 11.6 Å². The SMILES string of the molecule is C=C(/C(=C\C(=CC)C(C)C)C(F)(F)F)n1ccnc1-c1ccccc1. The van der Waals surface area contributed by atoms with Crippen LogP contribution in [0.3, 0.4) is 0 Å². The Kier molecular flexibility index (Phi) is 5.67. The maximum Gasteiger partial charge on any atom is 0.418 e. The normalized spacial score (nSPS) is 13.4. The first-order valence-corrected chi connectivity index (χ1v) is 7.99. The Morgan fingerprint density at radius 2 is 1.84 bits per heavy atom. The second-order valence-electron chi connectivity index (χ2n) is 5.93. The molecule has 2 nitrogen and oxygen atoms in total. The summed E-state index contributed by atoms with van der Waals surface area (Å²) in [6, 6.07) is 9.07. The van der Waals surface area contributed by atoms with Crippen molar-refractivity contribution in [3.63, 3.8) is 0 Å². The Morgan fingerprint density at radius 1 is 1.20 bits per heavy atom. The highest BCUT2D eigenvalue weighted by atomic mass is 19.4. The smallest absolute Gasteiger partial charge is 0.300 e. The van der Waals surface area contributed by atoms with E-state index in [1.807, 2.05) is 32.0 Å². The number of nitrogens with zero attached hydrogens (tertiary/aromatic N) is 2. The van der Waals surface area contributed by atoms with Gasteiger partial charge in [0.2, 0.25) is 0 Å². The van der Waals surface area contributed by atoms with E-state index in [0.29, 0.717) is 11.4 Å². The minimum absolute atomic E-state index is 0.0217. The monoisotopic (exact) mass is 346 g/mol. The zero-order chi connectivity index (χ0) is 18.6. The fourth-order valence-electron chi connectivity index (χ4n) is 2.53. The van der Waals surface area contributed by atoms with Gasteiger partial charge in [0.25, 0.3) is 0 Å². The molecule has 0 aliphatic heterocycles. The molecule has 0 amide bonds. The van der Waals surface area contributed by atoms with E-state index in [1.54, 1.807) is 25.1 Å². The predicted molar refractivity (Wildman–Crippen MR) is 95.7 cm³/mol. The summed E-state index contributed by atoms with van der Waals surface area (Å²) in [5.74, 6) is 0.402. The number of imidazole rings is 1. The largest absolute Gasteiger partial charge is 0.418 e. The van der Waals surface area contributed by atoms with Gasteiger partial charge in [0.15, 0.2) is 0 Å². The summed E-state index contributed by atoms with van der Waals surface area (Å²) >= 11 is 0. The van der Waals surface area contributed by atoms with Gasteiger partial charge in [0.05, 0.1) is 11.3 Å². The Labute approximate surface area is 146 Å². The van der Waals surface area contributed by atoms with Crippen LogP contribution in [0.5, 0.6) is 0 Å². The predicted octanol–water partition coefficient (Wildman–Crippen LogP) is 6.11. The molecule has 132 valence electrons. The van der Waals surface area contributed by atoms with Crippen molar-refractivity contribution in [1.29, 1.82) is 0 Å². The Balaban J connectivity index is 2.53. The van der Waals surface area contributed by atoms with Gasteiger partial charge in [-0.25, -0.2) is 4.98 Å². The van der Waals surface area contributed by atoms with Gasteiger partial charge in [0, 0.05) is 18.0 Å². The first-order chi connectivity index (χ1) is 11.8. The molecule has 0 saturated heterocycles. The van der Waals surface area contributed by atoms with Crippen LogP contribution in [0.1, 0.15) is 20.8 Å². The van der Waals surface area contributed by atoms with Gasteiger partial charge in [-0.3, -0.25) is 4.57 Å².